The third-order valence-electron chi connectivity index (χ3n) is 3.60. The number of carbonyl (C=O) groups is 1. The number of anilines is 1. The maximum absolute atomic E-state index is 12.9. The summed E-state index contributed by atoms with van der Waals surface area (Å²) >= 11 is 19.4. The fourth-order valence-electron chi connectivity index (χ4n) is 2.41. The van der Waals surface area contributed by atoms with Crippen molar-refractivity contribution in [3.8, 4) is 11.5 Å². The first-order valence-electron chi connectivity index (χ1n) is 7.70. The van der Waals surface area contributed by atoms with Crippen LogP contribution in [0.25, 0.3) is 6.08 Å². The molecule has 27 heavy (non-hydrogen) atoms. The van der Waals surface area contributed by atoms with E-state index in [1.54, 1.807) is 36.4 Å². The van der Waals surface area contributed by atoms with Crippen molar-refractivity contribution in [1.82, 2.24) is 0 Å². The third-order valence-corrected chi connectivity index (χ3v) is 6.74. The normalized spacial score (nSPS) is 15.7. The van der Waals surface area contributed by atoms with E-state index in [4.69, 9.17) is 28.6 Å². The van der Waals surface area contributed by atoms with Crippen LogP contribution in [-0.4, -0.2) is 21.9 Å². The summed E-state index contributed by atoms with van der Waals surface area (Å²) in [4.78, 5) is 14.8. The highest BCUT2D eigenvalue weighted by molar-refractivity contribution is 9.10. The smallest absolute Gasteiger partial charge is 0.270 e. The van der Waals surface area contributed by atoms with Gasteiger partial charge in [-0.2, -0.15) is 0 Å². The summed E-state index contributed by atoms with van der Waals surface area (Å²) in [6.07, 6.45) is 1.71. The van der Waals surface area contributed by atoms with Gasteiger partial charge in [-0.15, -0.1) is 0 Å². The Kier molecular flexibility index (Phi) is 6.53. The van der Waals surface area contributed by atoms with Gasteiger partial charge in [0.05, 0.1) is 26.7 Å². The zero-order valence-corrected chi connectivity index (χ0v) is 19.4. The molecule has 0 aromatic heterocycles. The summed E-state index contributed by atoms with van der Waals surface area (Å²) in [6, 6.07) is 8.61. The monoisotopic (exact) mass is 547 g/mol. The summed E-state index contributed by atoms with van der Waals surface area (Å²) < 4.78 is 7.08. The first kappa shape index (κ1) is 20.7. The third kappa shape index (κ3) is 4.35. The van der Waals surface area contributed by atoms with Gasteiger partial charge in [-0.05, 0) is 80.8 Å². The van der Waals surface area contributed by atoms with Crippen molar-refractivity contribution in [1.29, 1.82) is 0 Å². The Bertz CT molecular complexity index is 981. The molecule has 0 spiro atoms. The van der Waals surface area contributed by atoms with Gasteiger partial charge in [0.15, 0.2) is 15.8 Å². The maximum atomic E-state index is 12.9. The number of hydrogen-bond donors (Lipinski definition) is 1. The minimum Gasteiger partial charge on any atom is -0.503 e. The quantitative estimate of drug-likeness (QED) is 0.355. The fraction of sp³-hybridized carbons (Fsp3) is 0.111. The van der Waals surface area contributed by atoms with Gasteiger partial charge >= 0.3 is 0 Å². The average Bonchev–Trinajstić information content (AvgIpc) is 2.89. The second-order valence-corrected chi connectivity index (χ2v) is 9.19. The summed E-state index contributed by atoms with van der Waals surface area (Å²) in [7, 11) is 0. The minimum absolute atomic E-state index is 0.0195. The van der Waals surface area contributed by atoms with Crippen LogP contribution in [0.2, 0.25) is 5.02 Å². The second kappa shape index (κ2) is 8.53. The van der Waals surface area contributed by atoms with Crippen molar-refractivity contribution in [3.05, 3.63) is 54.8 Å². The number of halogens is 3. The Hall–Kier alpha value is -1.06. The molecule has 0 atom stereocenters. The predicted octanol–water partition coefficient (Wildman–Crippen LogP) is 6.38. The van der Waals surface area contributed by atoms with E-state index in [1.165, 1.54) is 16.7 Å². The number of ether oxygens (including phenoxy) is 1. The van der Waals surface area contributed by atoms with Crippen molar-refractivity contribution in [2.45, 2.75) is 6.92 Å². The van der Waals surface area contributed by atoms with Crippen LogP contribution in [0.1, 0.15) is 12.5 Å². The molecule has 1 heterocycles. The lowest BCUT2D eigenvalue weighted by Gasteiger charge is -2.15. The molecule has 3 rings (SSSR count). The van der Waals surface area contributed by atoms with Crippen molar-refractivity contribution >= 4 is 89.4 Å². The van der Waals surface area contributed by atoms with Crippen molar-refractivity contribution < 1.29 is 14.6 Å². The highest BCUT2D eigenvalue weighted by atomic mass is 79.9. The largest absolute Gasteiger partial charge is 0.503 e. The zero-order chi connectivity index (χ0) is 19.7. The summed E-state index contributed by atoms with van der Waals surface area (Å²) in [5, 5.41) is 10.5. The summed E-state index contributed by atoms with van der Waals surface area (Å²) in [5.74, 6) is 0.130. The molecule has 0 aliphatic carbocycles. The van der Waals surface area contributed by atoms with Gasteiger partial charge in [0, 0.05) is 4.47 Å². The van der Waals surface area contributed by atoms with Crippen LogP contribution < -0.4 is 9.64 Å². The van der Waals surface area contributed by atoms with Gasteiger partial charge < -0.3 is 9.84 Å². The molecule has 1 saturated heterocycles. The molecule has 1 aliphatic heterocycles. The second-order valence-electron chi connectivity index (χ2n) is 5.40. The fourth-order valence-corrected chi connectivity index (χ4v) is 4.59. The van der Waals surface area contributed by atoms with E-state index in [0.717, 1.165) is 4.47 Å². The molecule has 2 aromatic rings. The number of thiocarbonyl (C=S) groups is 1. The first-order valence-corrected chi connectivity index (χ1v) is 10.9. The van der Waals surface area contributed by atoms with Gasteiger partial charge in [-0.3, -0.25) is 9.69 Å². The first-order chi connectivity index (χ1) is 12.8. The Balaban J connectivity index is 1.96. The highest BCUT2D eigenvalue weighted by Gasteiger charge is 2.33. The maximum Gasteiger partial charge on any atom is 0.270 e. The van der Waals surface area contributed by atoms with Gasteiger partial charge in [0.1, 0.15) is 0 Å². The zero-order valence-electron chi connectivity index (χ0n) is 13.8. The molecule has 2 aromatic carbocycles. The van der Waals surface area contributed by atoms with Gasteiger partial charge in [0.2, 0.25) is 0 Å². The van der Waals surface area contributed by atoms with E-state index in [1.807, 2.05) is 6.92 Å². The van der Waals surface area contributed by atoms with Crippen molar-refractivity contribution in [2.24, 2.45) is 0 Å². The molecule has 0 unspecified atom stereocenters. The molecule has 0 bridgehead atoms. The average molecular weight is 550 g/mol. The molecule has 1 aliphatic rings. The highest BCUT2D eigenvalue weighted by Crippen LogP contribution is 2.40. The topological polar surface area (TPSA) is 49.8 Å². The number of amides is 1. The van der Waals surface area contributed by atoms with Crippen molar-refractivity contribution in [2.75, 3.05) is 11.5 Å². The van der Waals surface area contributed by atoms with Crippen LogP contribution in [0.3, 0.4) is 0 Å². The molecule has 0 radical (unpaired) electrons. The molecule has 1 N–H and O–H groups in total. The Labute approximate surface area is 187 Å². The van der Waals surface area contributed by atoms with Crippen molar-refractivity contribution in [3.63, 3.8) is 0 Å². The molecule has 4 nitrogen and oxygen atoms in total. The SMILES string of the molecule is CCOc1cc(/C=C2/SC(=S)N(c3ccc(Br)c(Cl)c3)C2=O)cc(Br)c1O. The van der Waals surface area contributed by atoms with Gasteiger partial charge in [0.25, 0.3) is 5.91 Å². The molecular weight excluding hydrogens is 538 g/mol. The number of phenolic OH excluding ortho intramolecular Hbond substituents is 1. The predicted molar refractivity (Wildman–Crippen MR) is 122 cm³/mol. The number of rotatable bonds is 4. The summed E-state index contributed by atoms with van der Waals surface area (Å²) in [5.41, 5.74) is 1.31. The Morgan fingerprint density at radius 3 is 2.70 bits per heavy atom. The van der Waals surface area contributed by atoms with E-state index >= 15 is 0 Å². The number of thioether (sulfide) groups is 1. The van der Waals surface area contributed by atoms with Crippen LogP contribution in [0.5, 0.6) is 11.5 Å². The molecule has 1 amide bonds. The lowest BCUT2D eigenvalue weighted by atomic mass is 10.2. The standard InChI is InChI=1S/C18H12Br2ClNO3S2/c1-2-25-14-6-9(5-12(20)16(14)23)7-15-17(24)22(18(26)27-15)10-3-4-11(19)13(21)8-10/h3-8,23H,2H2,1H3/b15-7+. The molecule has 9 heteroatoms. The minimum atomic E-state index is -0.231. The number of carbonyl (C=O) groups excluding carboxylic acids is 1. The summed E-state index contributed by atoms with van der Waals surface area (Å²) in [6.45, 7) is 2.24. The molecule has 1 fully saturated rings. The van der Waals surface area contributed by atoms with E-state index in [2.05, 4.69) is 31.9 Å². The van der Waals surface area contributed by atoms with Crippen LogP contribution >= 0.6 is 67.4 Å². The van der Waals surface area contributed by atoms with E-state index in [0.29, 0.717) is 42.3 Å². The molecular formula is C18H12Br2ClNO3S2. The lowest BCUT2D eigenvalue weighted by molar-refractivity contribution is -0.113. The van der Waals surface area contributed by atoms with Gasteiger partial charge in [-0.25, -0.2) is 0 Å². The number of hydrogen-bond acceptors (Lipinski definition) is 5. The van der Waals surface area contributed by atoms with Crippen LogP contribution in [0.4, 0.5) is 5.69 Å². The Morgan fingerprint density at radius 1 is 1.30 bits per heavy atom. The molecule has 0 saturated carbocycles. The van der Waals surface area contributed by atoms with Crippen LogP contribution in [0.15, 0.2) is 44.2 Å². The number of aromatic hydroxyl groups is 1. The van der Waals surface area contributed by atoms with E-state index < -0.39 is 0 Å². The van der Waals surface area contributed by atoms with Crippen LogP contribution in [0, 0.1) is 0 Å². The number of phenols is 1. The van der Waals surface area contributed by atoms with Crippen LogP contribution in [-0.2, 0) is 4.79 Å². The molecule has 140 valence electrons. The van der Waals surface area contributed by atoms with E-state index in [-0.39, 0.29) is 11.7 Å². The number of benzene rings is 2. The lowest BCUT2D eigenvalue weighted by Crippen LogP contribution is -2.27. The van der Waals surface area contributed by atoms with Gasteiger partial charge in [-0.1, -0.05) is 35.6 Å². The number of nitrogens with zero attached hydrogens (tertiary/aromatic N) is 1. The van der Waals surface area contributed by atoms with E-state index in [9.17, 15) is 9.90 Å². The Morgan fingerprint density at radius 2 is 2.04 bits per heavy atom.